The van der Waals surface area contributed by atoms with E-state index in [1.54, 1.807) is 0 Å². The number of nitrogens with zero attached hydrogens (tertiary/aromatic N) is 1. The molecule has 0 aliphatic carbocycles. The van der Waals surface area contributed by atoms with Gasteiger partial charge in [-0.1, -0.05) is 202 Å². The molecule has 0 saturated carbocycles. The molecule has 0 heterocycles. The van der Waals surface area contributed by atoms with E-state index in [9.17, 15) is 9.59 Å². The summed E-state index contributed by atoms with van der Waals surface area (Å²) in [6.45, 7) is 15.8. The maximum Gasteiger partial charge on any atom is 0.305 e. The van der Waals surface area contributed by atoms with Crippen molar-refractivity contribution in [3.63, 3.8) is 0 Å². The number of hydrogen-bond donors (Lipinski definition) is 0. The summed E-state index contributed by atoms with van der Waals surface area (Å²) in [5, 5.41) is 0. The summed E-state index contributed by atoms with van der Waals surface area (Å²) in [7, 11) is 0. The Morgan fingerprint density at radius 1 is 0.364 bits per heavy atom. The van der Waals surface area contributed by atoms with Crippen molar-refractivity contribution in [2.45, 2.75) is 266 Å². The highest BCUT2D eigenvalue weighted by Crippen LogP contribution is 2.22. The second-order valence-corrected chi connectivity index (χ2v) is 17.4. The van der Waals surface area contributed by atoms with Gasteiger partial charge in [0.2, 0.25) is 0 Å². The summed E-state index contributed by atoms with van der Waals surface area (Å²) < 4.78 is 11.7. The zero-order valence-electron chi connectivity index (χ0n) is 38.2. The number of carbonyl (C=O) groups is 2. The maximum atomic E-state index is 12.6. The van der Waals surface area contributed by atoms with Crippen LogP contribution in [-0.4, -0.2) is 49.7 Å². The molecule has 55 heavy (non-hydrogen) atoms. The third-order valence-electron chi connectivity index (χ3n) is 12.0. The first-order valence-electron chi connectivity index (χ1n) is 25.0. The summed E-state index contributed by atoms with van der Waals surface area (Å²) in [5.74, 6) is 1.09. The van der Waals surface area contributed by atoms with E-state index in [0.717, 1.165) is 58.2 Å². The van der Waals surface area contributed by atoms with E-state index in [1.807, 2.05) is 0 Å². The molecule has 0 radical (unpaired) electrons. The fraction of sp³-hybridized carbons (Fsp3) is 0.960. The van der Waals surface area contributed by atoms with Gasteiger partial charge in [0.1, 0.15) is 0 Å². The van der Waals surface area contributed by atoms with Gasteiger partial charge >= 0.3 is 11.9 Å². The topological polar surface area (TPSA) is 55.8 Å². The van der Waals surface area contributed by atoms with Crippen molar-refractivity contribution in [1.82, 2.24) is 4.90 Å². The van der Waals surface area contributed by atoms with Gasteiger partial charge in [-0.2, -0.15) is 0 Å². The molecule has 0 rings (SSSR count). The molecule has 5 nitrogen and oxygen atoms in total. The van der Waals surface area contributed by atoms with Crippen molar-refractivity contribution in [2.24, 2.45) is 11.8 Å². The molecule has 0 amide bonds. The summed E-state index contributed by atoms with van der Waals surface area (Å²) in [4.78, 5) is 27.8. The first-order valence-corrected chi connectivity index (χ1v) is 25.0. The van der Waals surface area contributed by atoms with E-state index in [2.05, 4.69) is 39.5 Å². The van der Waals surface area contributed by atoms with Crippen molar-refractivity contribution in [3.8, 4) is 0 Å². The summed E-state index contributed by atoms with van der Waals surface area (Å²) in [6, 6.07) is 0. The molecule has 0 spiro atoms. The number of carbonyl (C=O) groups excluding carboxylic acids is 2. The minimum atomic E-state index is 0.00696. The van der Waals surface area contributed by atoms with Crippen LogP contribution in [0.1, 0.15) is 266 Å². The van der Waals surface area contributed by atoms with Crippen LogP contribution in [0.4, 0.5) is 0 Å². The lowest BCUT2D eigenvalue weighted by Crippen LogP contribution is -2.25. The molecule has 328 valence electrons. The molecule has 0 aromatic rings. The summed E-state index contributed by atoms with van der Waals surface area (Å²) >= 11 is 0. The van der Waals surface area contributed by atoms with Gasteiger partial charge in [-0.15, -0.1) is 0 Å². The lowest BCUT2D eigenvalue weighted by molar-refractivity contribution is -0.146. The van der Waals surface area contributed by atoms with Gasteiger partial charge < -0.3 is 14.4 Å². The monoisotopic (exact) mass is 778 g/mol. The Morgan fingerprint density at radius 3 is 0.927 bits per heavy atom. The van der Waals surface area contributed by atoms with Gasteiger partial charge in [-0.05, 0) is 82.8 Å². The first-order chi connectivity index (χ1) is 27.0. The Hall–Kier alpha value is -1.10. The Bertz CT molecular complexity index is 726. The van der Waals surface area contributed by atoms with Crippen LogP contribution in [0.2, 0.25) is 0 Å². The van der Waals surface area contributed by atoms with Gasteiger partial charge in [-0.25, -0.2) is 0 Å². The molecule has 0 saturated heterocycles. The minimum absolute atomic E-state index is 0.00696. The largest absolute Gasteiger partial charge is 0.465 e. The molecule has 0 aliphatic rings. The smallest absolute Gasteiger partial charge is 0.305 e. The lowest BCUT2D eigenvalue weighted by atomic mass is 9.95. The molecule has 0 fully saturated rings. The highest BCUT2D eigenvalue weighted by molar-refractivity contribution is 5.69. The first kappa shape index (κ1) is 53.9. The van der Waals surface area contributed by atoms with Crippen LogP contribution in [0.3, 0.4) is 0 Å². The average Bonchev–Trinajstić information content (AvgIpc) is 3.19. The van der Waals surface area contributed by atoms with Gasteiger partial charge in [0.15, 0.2) is 0 Å². The van der Waals surface area contributed by atoms with Crippen LogP contribution in [0.5, 0.6) is 0 Å². The Labute approximate surface area is 345 Å². The molecular formula is C50H99NO4. The van der Waals surface area contributed by atoms with Gasteiger partial charge in [0.25, 0.3) is 0 Å². The van der Waals surface area contributed by atoms with Gasteiger partial charge in [0, 0.05) is 12.8 Å². The van der Waals surface area contributed by atoms with Gasteiger partial charge in [0.05, 0.1) is 13.2 Å². The highest BCUT2D eigenvalue weighted by Gasteiger charge is 2.14. The molecule has 0 bridgehead atoms. The average molecular weight is 778 g/mol. The fourth-order valence-electron chi connectivity index (χ4n) is 8.03. The van der Waals surface area contributed by atoms with E-state index in [4.69, 9.17) is 9.47 Å². The third-order valence-corrected chi connectivity index (χ3v) is 12.0. The predicted octanol–water partition coefficient (Wildman–Crippen LogP) is 15.8. The number of ether oxygens (including phenoxy) is 2. The Kier molecular flexibility index (Phi) is 43.1. The van der Waals surface area contributed by atoms with Crippen molar-refractivity contribution < 1.29 is 19.1 Å². The lowest BCUT2D eigenvalue weighted by Gasteiger charge is -2.20. The molecular weight excluding hydrogens is 679 g/mol. The molecule has 5 heteroatoms. The molecule has 0 aromatic carbocycles. The molecule has 0 N–H and O–H groups in total. The molecule has 0 aromatic heterocycles. The SMILES string of the molecule is CCCCCCCCCC(CCCCCCC)COC(=O)CCCCCN(CC)CCCCCC(=O)OCC(CCCCCCC)CCCCCCCCC. The fourth-order valence-corrected chi connectivity index (χ4v) is 8.03. The number of unbranched alkanes of at least 4 members (excludes halogenated alkanes) is 24. The number of esters is 2. The van der Waals surface area contributed by atoms with Crippen molar-refractivity contribution in [2.75, 3.05) is 32.8 Å². The van der Waals surface area contributed by atoms with E-state index < -0.39 is 0 Å². The molecule has 0 aliphatic heterocycles. The van der Waals surface area contributed by atoms with Crippen molar-refractivity contribution in [1.29, 1.82) is 0 Å². The van der Waals surface area contributed by atoms with Crippen molar-refractivity contribution in [3.05, 3.63) is 0 Å². The van der Waals surface area contributed by atoms with Crippen LogP contribution in [0, 0.1) is 11.8 Å². The second kappa shape index (κ2) is 44.0. The normalized spacial score (nSPS) is 12.7. The minimum Gasteiger partial charge on any atom is -0.465 e. The van der Waals surface area contributed by atoms with E-state index >= 15 is 0 Å². The zero-order valence-corrected chi connectivity index (χ0v) is 38.2. The summed E-state index contributed by atoms with van der Waals surface area (Å²) in [6.07, 6.45) is 44.1. The highest BCUT2D eigenvalue weighted by atomic mass is 16.5. The van der Waals surface area contributed by atoms with Crippen LogP contribution < -0.4 is 0 Å². The standard InChI is InChI=1S/C50H99NO4/c1-6-11-15-19-21-25-31-39-47(37-29-23-17-13-8-3)45-54-49(52)41-33-27-35-43-51(10-5)44-36-28-34-42-50(53)55-46-48(38-30-24-18-14-9-4)40-32-26-22-20-16-12-7-2/h47-48H,6-46H2,1-5H3. The number of hydrogen-bond acceptors (Lipinski definition) is 5. The maximum absolute atomic E-state index is 12.6. The third kappa shape index (κ3) is 39.5. The van der Waals surface area contributed by atoms with Crippen LogP contribution >= 0.6 is 0 Å². The van der Waals surface area contributed by atoms with E-state index in [1.165, 1.54) is 180 Å². The predicted molar refractivity (Wildman–Crippen MR) is 240 cm³/mol. The van der Waals surface area contributed by atoms with Gasteiger partial charge in [-0.3, -0.25) is 9.59 Å². The number of rotatable bonds is 45. The zero-order chi connectivity index (χ0) is 40.3. The van der Waals surface area contributed by atoms with Crippen LogP contribution in [-0.2, 0) is 19.1 Å². The van der Waals surface area contributed by atoms with Crippen molar-refractivity contribution >= 4 is 11.9 Å². The van der Waals surface area contributed by atoms with Crippen LogP contribution in [0.25, 0.3) is 0 Å². The Morgan fingerprint density at radius 2 is 0.636 bits per heavy atom. The second-order valence-electron chi connectivity index (χ2n) is 17.4. The quantitative estimate of drug-likeness (QED) is 0.0455. The van der Waals surface area contributed by atoms with E-state index in [0.29, 0.717) is 37.9 Å². The Balaban J connectivity index is 4.20. The van der Waals surface area contributed by atoms with Crippen LogP contribution in [0.15, 0.2) is 0 Å². The van der Waals surface area contributed by atoms with E-state index in [-0.39, 0.29) is 11.9 Å². The summed E-state index contributed by atoms with van der Waals surface area (Å²) in [5.41, 5.74) is 0. The molecule has 2 unspecified atom stereocenters. The molecule has 2 atom stereocenters.